The van der Waals surface area contributed by atoms with Gasteiger partial charge in [-0.15, -0.1) is 0 Å². The maximum absolute atomic E-state index is 11.9. The second kappa shape index (κ2) is 8.84. The van der Waals surface area contributed by atoms with E-state index >= 15 is 0 Å². The molecule has 0 saturated carbocycles. The highest BCUT2D eigenvalue weighted by Gasteiger charge is 2.09. The average molecular weight is 360 g/mol. The summed E-state index contributed by atoms with van der Waals surface area (Å²) in [7, 11) is 0. The first-order chi connectivity index (χ1) is 11.9. The lowest BCUT2D eigenvalue weighted by Gasteiger charge is -2.08. The lowest BCUT2D eigenvalue weighted by Crippen LogP contribution is -2.27. The third-order valence-electron chi connectivity index (χ3n) is 3.21. The number of nitrogens with one attached hydrogen (secondary N) is 3. The fraction of sp³-hybridized carbons (Fsp3) is 0.167. The molecule has 0 bridgehead atoms. The van der Waals surface area contributed by atoms with Crippen molar-refractivity contribution >= 4 is 40.7 Å². The van der Waals surface area contributed by atoms with Gasteiger partial charge in [-0.05, 0) is 42.0 Å². The zero-order valence-electron chi connectivity index (χ0n) is 13.6. The van der Waals surface area contributed by atoms with Gasteiger partial charge in [0, 0.05) is 29.9 Å². The molecule has 7 heteroatoms. The molecule has 0 saturated heterocycles. The molecule has 0 aliphatic carbocycles. The minimum absolute atomic E-state index is 0.172. The van der Waals surface area contributed by atoms with Gasteiger partial charge >= 0.3 is 0 Å². The van der Waals surface area contributed by atoms with Crippen molar-refractivity contribution in [3.05, 3.63) is 59.1 Å². The molecule has 2 aromatic rings. The van der Waals surface area contributed by atoms with E-state index in [1.165, 1.54) is 6.92 Å². The Hall–Kier alpha value is -2.86. The lowest BCUT2D eigenvalue weighted by atomic mass is 10.2. The number of carbonyl (C=O) groups excluding carboxylic acids is 3. The molecule has 0 unspecified atom stereocenters. The fourth-order valence-corrected chi connectivity index (χ4v) is 2.18. The summed E-state index contributed by atoms with van der Waals surface area (Å²) >= 11 is 5.79. The maximum atomic E-state index is 11.9. The zero-order chi connectivity index (χ0) is 18.2. The fourth-order valence-electron chi connectivity index (χ4n) is 2.06. The number of carbonyl (C=O) groups is 3. The summed E-state index contributed by atoms with van der Waals surface area (Å²) < 4.78 is 0. The number of amides is 3. The summed E-state index contributed by atoms with van der Waals surface area (Å²) in [4.78, 5) is 34.6. The Bertz CT molecular complexity index is 758. The van der Waals surface area contributed by atoms with Crippen LogP contribution in [0, 0.1) is 0 Å². The molecule has 0 aromatic heterocycles. The molecular weight excluding hydrogens is 342 g/mol. The van der Waals surface area contributed by atoms with Gasteiger partial charge in [0.25, 0.3) is 0 Å². The summed E-state index contributed by atoms with van der Waals surface area (Å²) in [5, 5.41) is 8.56. The van der Waals surface area contributed by atoms with Gasteiger partial charge in [-0.1, -0.05) is 23.7 Å². The quantitative estimate of drug-likeness (QED) is 0.693. The van der Waals surface area contributed by atoms with E-state index in [-0.39, 0.29) is 18.2 Å². The summed E-state index contributed by atoms with van der Waals surface area (Å²) in [6.45, 7) is 1.74. The van der Waals surface area contributed by atoms with Crippen LogP contribution in [0.1, 0.15) is 18.9 Å². The van der Waals surface area contributed by atoms with Crippen molar-refractivity contribution in [3.8, 4) is 0 Å². The van der Waals surface area contributed by atoms with E-state index in [1.54, 1.807) is 48.5 Å². The van der Waals surface area contributed by atoms with Crippen LogP contribution in [0.5, 0.6) is 0 Å². The number of rotatable bonds is 6. The van der Waals surface area contributed by atoms with Crippen molar-refractivity contribution in [1.29, 1.82) is 0 Å². The summed E-state index contributed by atoms with van der Waals surface area (Å²) in [6, 6.07) is 13.7. The van der Waals surface area contributed by atoms with Crippen LogP contribution in [-0.2, 0) is 20.9 Å². The normalized spacial score (nSPS) is 10.0. The first-order valence-corrected chi connectivity index (χ1v) is 7.99. The van der Waals surface area contributed by atoms with E-state index in [2.05, 4.69) is 16.0 Å². The van der Waals surface area contributed by atoms with Crippen LogP contribution in [0.15, 0.2) is 48.5 Å². The molecule has 25 heavy (non-hydrogen) atoms. The molecular formula is C18H18ClN3O3. The van der Waals surface area contributed by atoms with Crippen LogP contribution in [0.25, 0.3) is 0 Å². The lowest BCUT2D eigenvalue weighted by molar-refractivity contribution is -0.127. The Morgan fingerprint density at radius 1 is 0.840 bits per heavy atom. The minimum Gasteiger partial charge on any atom is -0.352 e. The standard InChI is InChI=1S/C18H18ClN3O3/c1-12(23)21-15-6-8-16(9-7-15)22-18(25)10-17(24)20-11-13-2-4-14(19)5-3-13/h2-9H,10-11H2,1H3,(H,20,24)(H,21,23)(H,22,25). The molecule has 0 fully saturated rings. The number of hydrogen-bond donors (Lipinski definition) is 3. The van der Waals surface area contributed by atoms with Gasteiger partial charge < -0.3 is 16.0 Å². The Labute approximate surface area is 150 Å². The molecule has 0 spiro atoms. The largest absolute Gasteiger partial charge is 0.352 e. The molecule has 3 amide bonds. The van der Waals surface area contributed by atoms with Gasteiger partial charge in [-0.3, -0.25) is 14.4 Å². The number of halogens is 1. The Kier molecular flexibility index (Phi) is 6.54. The van der Waals surface area contributed by atoms with Crippen molar-refractivity contribution in [1.82, 2.24) is 5.32 Å². The Balaban J connectivity index is 1.78. The van der Waals surface area contributed by atoms with Crippen LogP contribution >= 0.6 is 11.6 Å². The van der Waals surface area contributed by atoms with E-state index in [1.807, 2.05) is 0 Å². The van der Waals surface area contributed by atoms with Gasteiger partial charge in [-0.2, -0.15) is 0 Å². The van der Waals surface area contributed by atoms with Crippen LogP contribution in [0.4, 0.5) is 11.4 Å². The molecule has 2 rings (SSSR count). The first-order valence-electron chi connectivity index (χ1n) is 7.61. The highest BCUT2D eigenvalue weighted by atomic mass is 35.5. The molecule has 0 radical (unpaired) electrons. The first kappa shape index (κ1) is 18.5. The van der Waals surface area contributed by atoms with E-state index in [4.69, 9.17) is 11.6 Å². The molecule has 130 valence electrons. The predicted octanol–water partition coefficient (Wildman–Crippen LogP) is 2.94. The molecule has 6 nitrogen and oxygen atoms in total. The number of hydrogen-bond acceptors (Lipinski definition) is 3. The number of anilines is 2. The van der Waals surface area contributed by atoms with E-state index in [0.717, 1.165) is 5.56 Å². The zero-order valence-corrected chi connectivity index (χ0v) is 14.4. The van der Waals surface area contributed by atoms with Crippen LogP contribution in [-0.4, -0.2) is 17.7 Å². The van der Waals surface area contributed by atoms with Crippen LogP contribution < -0.4 is 16.0 Å². The molecule has 2 aromatic carbocycles. The van der Waals surface area contributed by atoms with Gasteiger partial charge in [0.2, 0.25) is 17.7 Å². The summed E-state index contributed by atoms with van der Waals surface area (Å²) in [5.41, 5.74) is 2.07. The highest BCUT2D eigenvalue weighted by molar-refractivity contribution is 6.30. The van der Waals surface area contributed by atoms with Crippen molar-refractivity contribution in [2.24, 2.45) is 0 Å². The smallest absolute Gasteiger partial charge is 0.233 e. The number of benzene rings is 2. The average Bonchev–Trinajstić information content (AvgIpc) is 2.55. The van der Waals surface area contributed by atoms with Gasteiger partial charge in [0.15, 0.2) is 0 Å². The third kappa shape index (κ3) is 6.64. The monoisotopic (exact) mass is 359 g/mol. The van der Waals surface area contributed by atoms with E-state index < -0.39 is 5.91 Å². The van der Waals surface area contributed by atoms with E-state index in [9.17, 15) is 14.4 Å². The van der Waals surface area contributed by atoms with Crippen LogP contribution in [0.3, 0.4) is 0 Å². The predicted molar refractivity (Wildman–Crippen MR) is 97.3 cm³/mol. The second-order valence-electron chi connectivity index (χ2n) is 5.39. The van der Waals surface area contributed by atoms with Crippen molar-refractivity contribution in [3.63, 3.8) is 0 Å². The van der Waals surface area contributed by atoms with E-state index in [0.29, 0.717) is 22.9 Å². The SMILES string of the molecule is CC(=O)Nc1ccc(NC(=O)CC(=O)NCc2ccc(Cl)cc2)cc1. The van der Waals surface area contributed by atoms with Crippen molar-refractivity contribution in [2.45, 2.75) is 19.9 Å². The second-order valence-corrected chi connectivity index (χ2v) is 5.82. The molecule has 0 heterocycles. The summed E-state index contributed by atoms with van der Waals surface area (Å²) in [5.74, 6) is -0.961. The maximum Gasteiger partial charge on any atom is 0.233 e. The molecule has 0 aliphatic rings. The van der Waals surface area contributed by atoms with Crippen molar-refractivity contribution in [2.75, 3.05) is 10.6 Å². The Morgan fingerprint density at radius 3 is 1.96 bits per heavy atom. The molecule has 0 atom stereocenters. The third-order valence-corrected chi connectivity index (χ3v) is 3.47. The van der Waals surface area contributed by atoms with Crippen LogP contribution in [0.2, 0.25) is 5.02 Å². The van der Waals surface area contributed by atoms with Gasteiger partial charge in [0.1, 0.15) is 6.42 Å². The molecule has 3 N–H and O–H groups in total. The highest BCUT2D eigenvalue weighted by Crippen LogP contribution is 2.13. The minimum atomic E-state index is -0.416. The molecule has 0 aliphatic heterocycles. The van der Waals surface area contributed by atoms with Gasteiger partial charge in [-0.25, -0.2) is 0 Å². The van der Waals surface area contributed by atoms with Gasteiger partial charge in [0.05, 0.1) is 0 Å². The summed E-state index contributed by atoms with van der Waals surface area (Å²) in [6.07, 6.45) is -0.277. The topological polar surface area (TPSA) is 87.3 Å². The van der Waals surface area contributed by atoms with Crippen molar-refractivity contribution < 1.29 is 14.4 Å². The Morgan fingerprint density at radius 2 is 1.40 bits per heavy atom.